The summed E-state index contributed by atoms with van der Waals surface area (Å²) in [6.07, 6.45) is 0.364. The lowest BCUT2D eigenvalue weighted by atomic mass is 9.87. The summed E-state index contributed by atoms with van der Waals surface area (Å²) >= 11 is 11.9. The van der Waals surface area contributed by atoms with E-state index in [1.165, 1.54) is 6.07 Å². The second-order valence-corrected chi connectivity index (χ2v) is 6.96. The van der Waals surface area contributed by atoms with Gasteiger partial charge in [0.1, 0.15) is 12.1 Å². The van der Waals surface area contributed by atoms with Gasteiger partial charge in [-0.25, -0.2) is 4.79 Å². The van der Waals surface area contributed by atoms with Crippen LogP contribution in [0.2, 0.25) is 10.0 Å². The van der Waals surface area contributed by atoms with E-state index in [4.69, 9.17) is 23.2 Å². The quantitative estimate of drug-likeness (QED) is 0.742. The van der Waals surface area contributed by atoms with Gasteiger partial charge in [0.2, 0.25) is 5.91 Å². The number of hydrogen-bond acceptors (Lipinski definition) is 3. The minimum Gasteiger partial charge on any atom is -0.323 e. The highest BCUT2D eigenvalue weighted by Crippen LogP contribution is 2.32. The van der Waals surface area contributed by atoms with E-state index in [-0.39, 0.29) is 5.02 Å². The van der Waals surface area contributed by atoms with Crippen LogP contribution in [0.1, 0.15) is 18.9 Å². The second kappa shape index (κ2) is 7.58. The van der Waals surface area contributed by atoms with Crippen LogP contribution in [-0.4, -0.2) is 29.3 Å². The first-order valence-corrected chi connectivity index (χ1v) is 9.07. The molecule has 4 amide bonds. The van der Waals surface area contributed by atoms with Crippen molar-refractivity contribution in [3.8, 4) is 0 Å². The first-order valence-electron chi connectivity index (χ1n) is 8.32. The van der Waals surface area contributed by atoms with Gasteiger partial charge in [0, 0.05) is 5.02 Å². The van der Waals surface area contributed by atoms with E-state index in [9.17, 15) is 14.4 Å². The molecular weight excluding hydrogens is 389 g/mol. The number of nitrogens with one attached hydrogen (secondary N) is 2. The molecule has 0 radical (unpaired) electrons. The standard InChI is InChI=1S/C19H17Cl2N3O3/c1-2-19(12-6-4-3-5-7-12)17(26)24(18(27)23-19)11-16(25)22-15-9-8-13(20)10-14(15)21/h3-10H,2,11H2,1H3,(H,22,25)(H,23,27). The maximum absolute atomic E-state index is 13.0. The molecule has 2 N–H and O–H groups in total. The lowest BCUT2D eigenvalue weighted by Crippen LogP contribution is -2.44. The highest BCUT2D eigenvalue weighted by Gasteiger charge is 2.51. The zero-order valence-electron chi connectivity index (χ0n) is 14.5. The summed E-state index contributed by atoms with van der Waals surface area (Å²) in [5.74, 6) is -0.999. The van der Waals surface area contributed by atoms with Gasteiger partial charge in [-0.2, -0.15) is 0 Å². The zero-order valence-corrected chi connectivity index (χ0v) is 16.0. The summed E-state index contributed by atoms with van der Waals surface area (Å²) in [6, 6.07) is 13.0. The van der Waals surface area contributed by atoms with Crippen LogP contribution in [0.25, 0.3) is 0 Å². The molecule has 1 unspecified atom stereocenters. The highest BCUT2D eigenvalue weighted by molar-refractivity contribution is 6.36. The Morgan fingerprint density at radius 2 is 1.85 bits per heavy atom. The summed E-state index contributed by atoms with van der Waals surface area (Å²) in [6.45, 7) is 1.39. The molecule has 2 aromatic rings. The number of carbonyl (C=O) groups excluding carboxylic acids is 3. The highest BCUT2D eigenvalue weighted by atomic mass is 35.5. The molecular formula is C19H17Cl2N3O3. The Morgan fingerprint density at radius 3 is 2.48 bits per heavy atom. The molecule has 3 rings (SSSR count). The molecule has 1 heterocycles. The molecule has 27 heavy (non-hydrogen) atoms. The molecule has 8 heteroatoms. The minimum absolute atomic E-state index is 0.264. The molecule has 1 atom stereocenters. The predicted molar refractivity (Wildman–Crippen MR) is 104 cm³/mol. The normalized spacial score (nSPS) is 19.1. The molecule has 1 fully saturated rings. The van der Waals surface area contributed by atoms with Crippen molar-refractivity contribution in [1.29, 1.82) is 0 Å². The second-order valence-electron chi connectivity index (χ2n) is 6.12. The smallest absolute Gasteiger partial charge is 0.323 e. The van der Waals surface area contributed by atoms with Gasteiger partial charge < -0.3 is 10.6 Å². The molecule has 6 nitrogen and oxygen atoms in total. The topological polar surface area (TPSA) is 78.5 Å². The van der Waals surface area contributed by atoms with E-state index in [0.29, 0.717) is 22.7 Å². The number of carbonyl (C=O) groups is 3. The van der Waals surface area contributed by atoms with Crippen LogP contribution in [0, 0.1) is 0 Å². The van der Waals surface area contributed by atoms with Crippen LogP contribution in [0.4, 0.5) is 10.5 Å². The van der Waals surface area contributed by atoms with E-state index in [1.807, 2.05) is 13.0 Å². The molecule has 140 valence electrons. The Labute approximate surface area is 166 Å². The maximum Gasteiger partial charge on any atom is 0.325 e. The molecule has 2 aromatic carbocycles. The van der Waals surface area contributed by atoms with Gasteiger partial charge in [-0.15, -0.1) is 0 Å². The van der Waals surface area contributed by atoms with E-state index in [2.05, 4.69) is 10.6 Å². The first-order chi connectivity index (χ1) is 12.9. The van der Waals surface area contributed by atoms with Crippen molar-refractivity contribution < 1.29 is 14.4 Å². The van der Waals surface area contributed by atoms with Crippen LogP contribution in [0.5, 0.6) is 0 Å². The van der Waals surface area contributed by atoms with Crippen molar-refractivity contribution >= 4 is 46.7 Å². The third-order valence-electron chi connectivity index (χ3n) is 4.48. The molecule has 1 aliphatic rings. The largest absolute Gasteiger partial charge is 0.325 e. The molecule has 1 aliphatic heterocycles. The number of benzene rings is 2. The van der Waals surface area contributed by atoms with Crippen LogP contribution in [-0.2, 0) is 15.1 Å². The Bertz CT molecular complexity index is 904. The van der Waals surface area contributed by atoms with Gasteiger partial charge in [-0.1, -0.05) is 60.5 Å². The van der Waals surface area contributed by atoms with Crippen LogP contribution in [0.15, 0.2) is 48.5 Å². The van der Waals surface area contributed by atoms with Gasteiger partial charge in [-0.05, 0) is 30.2 Å². The molecule has 0 spiro atoms. The average molecular weight is 406 g/mol. The van der Waals surface area contributed by atoms with Gasteiger partial charge >= 0.3 is 6.03 Å². The fraction of sp³-hybridized carbons (Fsp3) is 0.211. The third-order valence-corrected chi connectivity index (χ3v) is 5.03. The van der Waals surface area contributed by atoms with Gasteiger partial charge in [0.05, 0.1) is 10.7 Å². The Kier molecular flexibility index (Phi) is 5.39. The predicted octanol–water partition coefficient (Wildman–Crippen LogP) is 3.79. The van der Waals surface area contributed by atoms with E-state index < -0.39 is 29.9 Å². The van der Waals surface area contributed by atoms with E-state index in [1.54, 1.807) is 36.4 Å². The fourth-order valence-corrected chi connectivity index (χ4v) is 3.51. The first kappa shape index (κ1) is 19.2. The SMILES string of the molecule is CCC1(c2ccccc2)NC(=O)N(CC(=O)Nc2ccc(Cl)cc2Cl)C1=O. The number of rotatable bonds is 5. The third kappa shape index (κ3) is 3.63. The van der Waals surface area contributed by atoms with E-state index in [0.717, 1.165) is 4.90 Å². The fourth-order valence-electron chi connectivity index (χ4n) is 3.06. The average Bonchev–Trinajstić information content (AvgIpc) is 2.90. The minimum atomic E-state index is -1.17. The van der Waals surface area contributed by atoms with Crippen LogP contribution < -0.4 is 10.6 Å². The zero-order chi connectivity index (χ0) is 19.6. The van der Waals surface area contributed by atoms with E-state index >= 15 is 0 Å². The lowest BCUT2D eigenvalue weighted by Gasteiger charge is -2.25. The van der Waals surface area contributed by atoms with Crippen molar-refractivity contribution in [3.63, 3.8) is 0 Å². The van der Waals surface area contributed by atoms with Crippen LogP contribution in [0.3, 0.4) is 0 Å². The van der Waals surface area contributed by atoms with Crippen LogP contribution >= 0.6 is 23.2 Å². The number of nitrogens with zero attached hydrogens (tertiary/aromatic N) is 1. The number of hydrogen-bond donors (Lipinski definition) is 2. The number of halogens is 2. The summed E-state index contributed by atoms with van der Waals surface area (Å²) < 4.78 is 0. The number of amides is 4. The van der Waals surface area contributed by atoms with Crippen molar-refractivity contribution in [1.82, 2.24) is 10.2 Å². The number of urea groups is 1. The summed E-state index contributed by atoms with van der Waals surface area (Å²) in [5.41, 5.74) is -0.145. The molecule has 0 aliphatic carbocycles. The van der Waals surface area contributed by atoms with Gasteiger partial charge in [0.25, 0.3) is 5.91 Å². The monoisotopic (exact) mass is 405 g/mol. The van der Waals surface area contributed by atoms with Crippen molar-refractivity contribution in [2.24, 2.45) is 0 Å². The Hall–Kier alpha value is -2.57. The van der Waals surface area contributed by atoms with Gasteiger partial charge in [-0.3, -0.25) is 14.5 Å². The number of imide groups is 1. The summed E-state index contributed by atoms with van der Waals surface area (Å²) in [4.78, 5) is 38.7. The Morgan fingerprint density at radius 1 is 1.15 bits per heavy atom. The summed E-state index contributed by atoms with van der Waals surface area (Å²) in [7, 11) is 0. The van der Waals surface area contributed by atoms with Crippen molar-refractivity contribution in [2.75, 3.05) is 11.9 Å². The number of anilines is 1. The molecule has 0 saturated carbocycles. The molecule has 0 bridgehead atoms. The Balaban J connectivity index is 1.78. The molecule has 1 saturated heterocycles. The lowest BCUT2D eigenvalue weighted by molar-refractivity contribution is -0.134. The summed E-state index contributed by atoms with van der Waals surface area (Å²) in [5, 5.41) is 6.02. The maximum atomic E-state index is 13.0. The van der Waals surface area contributed by atoms with Crippen molar-refractivity contribution in [3.05, 3.63) is 64.1 Å². The van der Waals surface area contributed by atoms with Gasteiger partial charge in [0.15, 0.2) is 0 Å². The van der Waals surface area contributed by atoms with Crippen molar-refractivity contribution in [2.45, 2.75) is 18.9 Å². The molecule has 0 aromatic heterocycles.